The van der Waals surface area contributed by atoms with Gasteiger partial charge in [-0.25, -0.2) is 14.8 Å². The molecule has 10 heteroatoms. The number of anilines is 2. The minimum atomic E-state index is -0.539. The molecule has 3 aromatic heterocycles. The molecule has 1 fully saturated rings. The van der Waals surface area contributed by atoms with Gasteiger partial charge in [0.1, 0.15) is 28.7 Å². The molecule has 36 heavy (non-hydrogen) atoms. The minimum Gasteiger partial charge on any atom is -0.444 e. The van der Waals surface area contributed by atoms with Gasteiger partial charge < -0.3 is 15.0 Å². The summed E-state index contributed by atoms with van der Waals surface area (Å²) in [6.45, 7) is 6.53. The zero-order valence-electron chi connectivity index (χ0n) is 20.7. The first kappa shape index (κ1) is 23.7. The fourth-order valence-corrected chi connectivity index (χ4v) is 4.84. The average molecular weight is 488 g/mol. The van der Waals surface area contributed by atoms with E-state index >= 15 is 0 Å². The van der Waals surface area contributed by atoms with Crippen molar-refractivity contribution >= 4 is 28.9 Å². The number of pyridine rings is 2. The lowest BCUT2D eigenvalue weighted by Crippen LogP contribution is -2.40. The maximum atomic E-state index is 13.0. The van der Waals surface area contributed by atoms with Crippen LogP contribution in [0.3, 0.4) is 0 Å². The second kappa shape index (κ2) is 9.22. The van der Waals surface area contributed by atoms with Crippen molar-refractivity contribution < 1.29 is 9.53 Å². The number of amides is 1. The first-order valence-electron chi connectivity index (χ1n) is 12.3. The molecule has 1 aliphatic heterocycles. The molecule has 10 nitrogen and oxygen atoms in total. The summed E-state index contributed by atoms with van der Waals surface area (Å²) >= 11 is 0. The van der Waals surface area contributed by atoms with Crippen LogP contribution in [0.2, 0.25) is 0 Å². The van der Waals surface area contributed by atoms with E-state index in [1.807, 2.05) is 39.0 Å². The quantitative estimate of drug-likeness (QED) is 0.582. The van der Waals surface area contributed by atoms with Crippen molar-refractivity contribution in [2.24, 2.45) is 0 Å². The van der Waals surface area contributed by atoms with Gasteiger partial charge in [-0.3, -0.25) is 9.36 Å². The molecule has 5 rings (SSSR count). The smallest absolute Gasteiger partial charge is 0.410 e. The number of nitrogens with one attached hydrogen (secondary N) is 1. The largest absolute Gasteiger partial charge is 0.444 e. The Bertz CT molecular complexity index is 1430. The number of fused-ring (bicyclic) bond motifs is 2. The molecule has 0 bridgehead atoms. The van der Waals surface area contributed by atoms with Crippen molar-refractivity contribution in [3.05, 3.63) is 51.6 Å². The van der Waals surface area contributed by atoms with Crippen LogP contribution in [-0.2, 0) is 17.7 Å². The molecule has 0 saturated heterocycles. The lowest BCUT2D eigenvalue weighted by molar-refractivity contribution is 0.0223. The first-order chi connectivity index (χ1) is 17.2. The van der Waals surface area contributed by atoms with Gasteiger partial charge in [0.25, 0.3) is 5.56 Å². The van der Waals surface area contributed by atoms with Crippen LogP contribution in [0.1, 0.15) is 69.3 Å². The van der Waals surface area contributed by atoms with Gasteiger partial charge in [0, 0.05) is 36.3 Å². The van der Waals surface area contributed by atoms with Gasteiger partial charge in [-0.05, 0) is 51.3 Å². The van der Waals surface area contributed by atoms with Crippen molar-refractivity contribution in [3.8, 4) is 6.07 Å². The van der Waals surface area contributed by atoms with E-state index in [4.69, 9.17) is 9.72 Å². The Labute approximate surface area is 208 Å². The molecule has 0 radical (unpaired) electrons. The summed E-state index contributed by atoms with van der Waals surface area (Å²) in [7, 11) is 0. The lowest BCUT2D eigenvalue weighted by Gasteiger charge is -2.30. The number of carbonyl (C=O) groups excluding carboxylic acids is 1. The molecule has 3 aromatic rings. The zero-order chi connectivity index (χ0) is 25.4. The number of carbonyl (C=O) groups is 1. The fraction of sp³-hybridized carbons (Fsp3) is 0.462. The maximum absolute atomic E-state index is 13.0. The van der Waals surface area contributed by atoms with Gasteiger partial charge in [-0.15, -0.1) is 0 Å². The SMILES string of the molecule is CC(C)(C)OC(=O)N1CCc2nc(Nc3ncc4cc(C#N)c(=O)n(C5CCCC5)c4n3)ccc2C1. The Balaban J connectivity index is 1.40. The van der Waals surface area contributed by atoms with E-state index in [-0.39, 0.29) is 23.3 Å². The number of hydrogen-bond acceptors (Lipinski definition) is 8. The number of nitriles is 1. The first-order valence-corrected chi connectivity index (χ1v) is 12.3. The standard InChI is InChI=1S/C26H29N7O3/c1-26(2,3)36-25(35)32-11-10-20-16(15-32)8-9-21(29-20)30-24-28-14-18-12-17(13-27)23(34)33(22(18)31-24)19-6-4-5-7-19/h8-9,12,14,19H,4-7,10-11,15H2,1-3H3,(H,28,29,30,31). The topological polar surface area (TPSA) is 126 Å². The highest BCUT2D eigenvalue weighted by atomic mass is 16.6. The molecule has 0 atom stereocenters. The number of aromatic nitrogens is 4. The summed E-state index contributed by atoms with van der Waals surface area (Å²) in [5.41, 5.74) is 1.66. The molecule has 1 saturated carbocycles. The van der Waals surface area contributed by atoms with Crippen molar-refractivity contribution in [1.29, 1.82) is 5.26 Å². The Hall–Kier alpha value is -4.00. The molecule has 1 N–H and O–H groups in total. The van der Waals surface area contributed by atoms with Crippen LogP contribution >= 0.6 is 0 Å². The third-order valence-electron chi connectivity index (χ3n) is 6.52. The Kier molecular flexibility index (Phi) is 6.08. The fourth-order valence-electron chi connectivity index (χ4n) is 4.84. The van der Waals surface area contributed by atoms with Gasteiger partial charge in [0.2, 0.25) is 5.95 Å². The molecule has 1 aliphatic carbocycles. The van der Waals surface area contributed by atoms with Gasteiger partial charge in [0.15, 0.2) is 0 Å². The van der Waals surface area contributed by atoms with Crippen LogP contribution in [-0.4, -0.2) is 42.7 Å². The van der Waals surface area contributed by atoms with Crippen molar-refractivity contribution in [1.82, 2.24) is 24.4 Å². The Morgan fingerprint density at radius 2 is 2.00 bits per heavy atom. The van der Waals surface area contributed by atoms with E-state index in [1.165, 1.54) is 0 Å². The summed E-state index contributed by atoms with van der Waals surface area (Å²) in [6.07, 6.45) is 5.81. The molecular weight excluding hydrogens is 458 g/mol. The molecule has 0 spiro atoms. The normalized spacial score (nSPS) is 16.0. The second-order valence-corrected chi connectivity index (χ2v) is 10.3. The number of nitrogens with zero attached hydrogens (tertiary/aromatic N) is 6. The highest BCUT2D eigenvalue weighted by Crippen LogP contribution is 2.31. The van der Waals surface area contributed by atoms with Crippen molar-refractivity contribution in [2.75, 3.05) is 11.9 Å². The van der Waals surface area contributed by atoms with Crippen LogP contribution in [0.4, 0.5) is 16.6 Å². The van der Waals surface area contributed by atoms with E-state index in [0.29, 0.717) is 42.3 Å². The lowest BCUT2D eigenvalue weighted by atomic mass is 10.1. The maximum Gasteiger partial charge on any atom is 0.410 e. The molecule has 0 unspecified atom stereocenters. The number of rotatable bonds is 3. The Morgan fingerprint density at radius 1 is 1.22 bits per heavy atom. The molecule has 4 heterocycles. The summed E-state index contributed by atoms with van der Waals surface area (Å²) in [4.78, 5) is 40.9. The second-order valence-electron chi connectivity index (χ2n) is 10.3. The monoisotopic (exact) mass is 487 g/mol. The molecule has 2 aliphatic rings. The summed E-state index contributed by atoms with van der Waals surface area (Å²) in [5.74, 6) is 0.916. The van der Waals surface area contributed by atoms with Crippen LogP contribution in [0.5, 0.6) is 0 Å². The van der Waals surface area contributed by atoms with Gasteiger partial charge >= 0.3 is 6.09 Å². The zero-order valence-corrected chi connectivity index (χ0v) is 20.7. The van der Waals surface area contributed by atoms with Gasteiger partial charge in [-0.1, -0.05) is 18.9 Å². The third kappa shape index (κ3) is 4.73. The highest BCUT2D eigenvalue weighted by Gasteiger charge is 2.27. The summed E-state index contributed by atoms with van der Waals surface area (Å²) in [6, 6.07) is 7.37. The number of ether oxygens (including phenoxy) is 1. The van der Waals surface area contributed by atoms with Crippen molar-refractivity contribution in [2.45, 2.75) is 71.1 Å². The van der Waals surface area contributed by atoms with E-state index in [9.17, 15) is 14.9 Å². The van der Waals surface area contributed by atoms with Crippen LogP contribution in [0, 0.1) is 11.3 Å². The van der Waals surface area contributed by atoms with E-state index in [1.54, 1.807) is 21.7 Å². The molecular formula is C26H29N7O3. The molecule has 0 aromatic carbocycles. The van der Waals surface area contributed by atoms with E-state index in [2.05, 4.69) is 15.3 Å². The minimum absolute atomic E-state index is 0.0332. The Morgan fingerprint density at radius 3 is 2.72 bits per heavy atom. The predicted octanol–water partition coefficient (Wildman–Crippen LogP) is 4.21. The van der Waals surface area contributed by atoms with Crippen LogP contribution in [0.15, 0.2) is 29.2 Å². The van der Waals surface area contributed by atoms with Gasteiger partial charge in [-0.2, -0.15) is 10.2 Å². The average Bonchev–Trinajstić information content (AvgIpc) is 3.36. The number of hydrogen-bond donors (Lipinski definition) is 1. The van der Waals surface area contributed by atoms with E-state index < -0.39 is 5.60 Å². The van der Waals surface area contributed by atoms with Crippen molar-refractivity contribution in [3.63, 3.8) is 0 Å². The van der Waals surface area contributed by atoms with Gasteiger partial charge in [0.05, 0.1) is 6.54 Å². The highest BCUT2D eigenvalue weighted by molar-refractivity contribution is 5.77. The predicted molar refractivity (Wildman–Crippen MR) is 134 cm³/mol. The van der Waals surface area contributed by atoms with Crippen LogP contribution < -0.4 is 10.9 Å². The summed E-state index contributed by atoms with van der Waals surface area (Å²) < 4.78 is 7.16. The molecule has 1 amide bonds. The summed E-state index contributed by atoms with van der Waals surface area (Å²) in [5, 5.41) is 13.2. The molecule has 186 valence electrons. The third-order valence-corrected chi connectivity index (χ3v) is 6.52. The van der Waals surface area contributed by atoms with E-state index in [0.717, 1.165) is 36.9 Å². The van der Waals surface area contributed by atoms with Crippen LogP contribution in [0.25, 0.3) is 11.0 Å².